The topological polar surface area (TPSA) is 29.3 Å². The predicted octanol–water partition coefficient (Wildman–Crippen LogP) is 2.77. The SMILES string of the molecule is CCC1CCC(C)N1CC1CCCC(N)C1. The minimum Gasteiger partial charge on any atom is -0.328 e. The van der Waals surface area contributed by atoms with E-state index in [4.69, 9.17) is 5.73 Å². The van der Waals surface area contributed by atoms with E-state index < -0.39 is 0 Å². The lowest BCUT2D eigenvalue weighted by atomic mass is 9.85. The van der Waals surface area contributed by atoms with Gasteiger partial charge in [0.25, 0.3) is 0 Å². The molecule has 0 aromatic rings. The van der Waals surface area contributed by atoms with Gasteiger partial charge in [0.2, 0.25) is 0 Å². The summed E-state index contributed by atoms with van der Waals surface area (Å²) in [7, 11) is 0. The van der Waals surface area contributed by atoms with Crippen molar-refractivity contribution in [3.8, 4) is 0 Å². The Bertz CT molecular complexity index is 217. The molecule has 2 rings (SSSR count). The van der Waals surface area contributed by atoms with Crippen LogP contribution in [0.5, 0.6) is 0 Å². The number of likely N-dealkylation sites (tertiary alicyclic amines) is 1. The Morgan fingerprint density at radius 3 is 2.69 bits per heavy atom. The van der Waals surface area contributed by atoms with Crippen LogP contribution in [0.4, 0.5) is 0 Å². The van der Waals surface area contributed by atoms with Gasteiger partial charge in [0, 0.05) is 24.7 Å². The van der Waals surface area contributed by atoms with E-state index in [1.807, 2.05) is 0 Å². The Hall–Kier alpha value is -0.0800. The first kappa shape index (κ1) is 12.4. The van der Waals surface area contributed by atoms with Crippen molar-refractivity contribution in [2.24, 2.45) is 11.7 Å². The molecule has 0 amide bonds. The van der Waals surface area contributed by atoms with Crippen LogP contribution in [0, 0.1) is 5.92 Å². The van der Waals surface area contributed by atoms with Crippen molar-refractivity contribution in [2.45, 2.75) is 76.9 Å². The third kappa shape index (κ3) is 2.78. The molecule has 94 valence electrons. The average Bonchev–Trinajstić information content (AvgIpc) is 2.60. The summed E-state index contributed by atoms with van der Waals surface area (Å²) in [5.74, 6) is 0.873. The van der Waals surface area contributed by atoms with Crippen LogP contribution in [-0.2, 0) is 0 Å². The lowest BCUT2D eigenvalue weighted by Gasteiger charge is -2.35. The number of hydrogen-bond acceptors (Lipinski definition) is 2. The largest absolute Gasteiger partial charge is 0.328 e. The molecule has 16 heavy (non-hydrogen) atoms. The Labute approximate surface area is 101 Å². The van der Waals surface area contributed by atoms with E-state index in [2.05, 4.69) is 18.7 Å². The van der Waals surface area contributed by atoms with Crippen molar-refractivity contribution in [3.63, 3.8) is 0 Å². The summed E-state index contributed by atoms with van der Waals surface area (Å²) in [4.78, 5) is 2.77. The second-order valence-corrected chi connectivity index (χ2v) is 5.98. The monoisotopic (exact) mass is 224 g/mol. The molecule has 1 saturated carbocycles. The highest BCUT2D eigenvalue weighted by atomic mass is 15.2. The molecule has 2 nitrogen and oxygen atoms in total. The van der Waals surface area contributed by atoms with Crippen LogP contribution in [0.3, 0.4) is 0 Å². The van der Waals surface area contributed by atoms with Crippen LogP contribution in [0.15, 0.2) is 0 Å². The molecule has 0 radical (unpaired) electrons. The lowest BCUT2D eigenvalue weighted by Crippen LogP contribution is -2.41. The maximum absolute atomic E-state index is 6.08. The fraction of sp³-hybridized carbons (Fsp3) is 1.00. The highest BCUT2D eigenvalue weighted by Crippen LogP contribution is 2.31. The van der Waals surface area contributed by atoms with E-state index >= 15 is 0 Å². The second-order valence-electron chi connectivity index (χ2n) is 5.98. The Morgan fingerprint density at radius 2 is 2.00 bits per heavy atom. The van der Waals surface area contributed by atoms with Gasteiger partial charge in [0.05, 0.1) is 0 Å². The van der Waals surface area contributed by atoms with E-state index in [1.54, 1.807) is 0 Å². The van der Waals surface area contributed by atoms with E-state index in [0.717, 1.165) is 18.0 Å². The Balaban J connectivity index is 1.87. The van der Waals surface area contributed by atoms with Crippen molar-refractivity contribution in [2.75, 3.05) is 6.54 Å². The van der Waals surface area contributed by atoms with Gasteiger partial charge in [-0.3, -0.25) is 4.90 Å². The van der Waals surface area contributed by atoms with Gasteiger partial charge in [-0.15, -0.1) is 0 Å². The molecule has 0 bridgehead atoms. The van der Waals surface area contributed by atoms with Crippen LogP contribution in [0.25, 0.3) is 0 Å². The first-order valence-corrected chi connectivity index (χ1v) is 7.22. The summed E-state index contributed by atoms with van der Waals surface area (Å²) in [6.07, 6.45) is 9.41. The fourth-order valence-electron chi connectivity index (χ4n) is 3.69. The molecule has 1 heterocycles. The molecular formula is C14H28N2. The summed E-state index contributed by atoms with van der Waals surface area (Å²) in [5.41, 5.74) is 6.08. The number of hydrogen-bond donors (Lipinski definition) is 1. The molecule has 0 aromatic carbocycles. The third-order valence-electron chi connectivity index (χ3n) is 4.72. The van der Waals surface area contributed by atoms with Crippen LogP contribution in [0.2, 0.25) is 0 Å². The van der Waals surface area contributed by atoms with Crippen molar-refractivity contribution in [1.82, 2.24) is 4.90 Å². The summed E-state index contributed by atoms with van der Waals surface area (Å²) < 4.78 is 0. The smallest absolute Gasteiger partial charge is 0.00961 e. The van der Waals surface area contributed by atoms with E-state index in [9.17, 15) is 0 Å². The quantitative estimate of drug-likeness (QED) is 0.798. The van der Waals surface area contributed by atoms with Gasteiger partial charge < -0.3 is 5.73 Å². The zero-order chi connectivity index (χ0) is 11.5. The van der Waals surface area contributed by atoms with Gasteiger partial charge in [0.15, 0.2) is 0 Å². The van der Waals surface area contributed by atoms with Crippen LogP contribution in [0.1, 0.15) is 58.8 Å². The molecule has 2 fully saturated rings. The molecule has 1 saturated heterocycles. The molecule has 4 unspecified atom stereocenters. The van der Waals surface area contributed by atoms with Crippen molar-refractivity contribution >= 4 is 0 Å². The van der Waals surface area contributed by atoms with E-state index in [1.165, 1.54) is 51.5 Å². The van der Waals surface area contributed by atoms with Crippen LogP contribution in [-0.4, -0.2) is 29.6 Å². The number of rotatable bonds is 3. The Kier molecular flexibility index (Phi) is 4.26. The first-order chi connectivity index (χ1) is 7.70. The second kappa shape index (κ2) is 5.50. The van der Waals surface area contributed by atoms with Crippen LogP contribution >= 0.6 is 0 Å². The highest BCUT2D eigenvalue weighted by Gasteiger charge is 2.31. The molecule has 4 atom stereocenters. The van der Waals surface area contributed by atoms with Gasteiger partial charge in [0.1, 0.15) is 0 Å². The minimum absolute atomic E-state index is 0.483. The summed E-state index contributed by atoms with van der Waals surface area (Å²) >= 11 is 0. The molecule has 1 aliphatic heterocycles. The van der Waals surface area contributed by atoms with Crippen molar-refractivity contribution in [1.29, 1.82) is 0 Å². The minimum atomic E-state index is 0.483. The van der Waals surface area contributed by atoms with E-state index in [0.29, 0.717) is 6.04 Å². The third-order valence-corrected chi connectivity index (χ3v) is 4.72. The van der Waals surface area contributed by atoms with Gasteiger partial charge in [-0.1, -0.05) is 13.3 Å². The van der Waals surface area contributed by atoms with Crippen molar-refractivity contribution < 1.29 is 0 Å². The molecule has 0 aromatic heterocycles. The molecule has 2 heteroatoms. The van der Waals surface area contributed by atoms with Crippen LogP contribution < -0.4 is 5.73 Å². The van der Waals surface area contributed by atoms with Gasteiger partial charge in [-0.25, -0.2) is 0 Å². The summed E-state index contributed by atoms with van der Waals surface area (Å²) in [6, 6.07) is 2.15. The zero-order valence-electron chi connectivity index (χ0n) is 11.0. The highest BCUT2D eigenvalue weighted by molar-refractivity contribution is 4.87. The van der Waals surface area contributed by atoms with Gasteiger partial charge >= 0.3 is 0 Å². The molecule has 2 aliphatic rings. The molecule has 0 spiro atoms. The fourth-order valence-corrected chi connectivity index (χ4v) is 3.69. The lowest BCUT2D eigenvalue weighted by molar-refractivity contribution is 0.144. The first-order valence-electron chi connectivity index (χ1n) is 7.22. The molecular weight excluding hydrogens is 196 g/mol. The molecule has 2 N–H and O–H groups in total. The molecule has 1 aliphatic carbocycles. The maximum atomic E-state index is 6.08. The normalized spacial score (nSPS) is 41.4. The van der Waals surface area contributed by atoms with Gasteiger partial charge in [-0.2, -0.15) is 0 Å². The summed E-state index contributed by atoms with van der Waals surface area (Å²) in [6.45, 7) is 6.05. The number of nitrogens with zero attached hydrogens (tertiary/aromatic N) is 1. The average molecular weight is 224 g/mol. The summed E-state index contributed by atoms with van der Waals surface area (Å²) in [5, 5.41) is 0. The van der Waals surface area contributed by atoms with E-state index in [-0.39, 0.29) is 0 Å². The maximum Gasteiger partial charge on any atom is 0.00961 e. The zero-order valence-corrected chi connectivity index (χ0v) is 11.0. The van der Waals surface area contributed by atoms with Gasteiger partial charge in [-0.05, 0) is 51.4 Å². The van der Waals surface area contributed by atoms with Crippen molar-refractivity contribution in [3.05, 3.63) is 0 Å². The predicted molar refractivity (Wildman–Crippen MR) is 69.4 cm³/mol. The number of nitrogens with two attached hydrogens (primary N) is 1. The standard InChI is InChI=1S/C14H28N2/c1-3-14-8-7-11(2)16(14)10-12-5-4-6-13(15)9-12/h11-14H,3-10,15H2,1-2H3. The Morgan fingerprint density at radius 1 is 1.19 bits per heavy atom.